The van der Waals surface area contributed by atoms with Gasteiger partial charge in [-0.3, -0.25) is 0 Å². The molecule has 1 aliphatic rings. The van der Waals surface area contributed by atoms with Crippen molar-refractivity contribution in [3.8, 4) is 23.0 Å². The van der Waals surface area contributed by atoms with Gasteiger partial charge in [0.1, 0.15) is 31.2 Å². The average molecular weight is 394 g/mol. The largest absolute Gasteiger partial charge is 0.493 e. The zero-order chi connectivity index (χ0) is 20.1. The van der Waals surface area contributed by atoms with Gasteiger partial charge in [0.15, 0.2) is 23.0 Å². The Labute approximate surface area is 168 Å². The zero-order valence-electron chi connectivity index (χ0n) is 16.3. The highest BCUT2D eigenvalue weighted by Gasteiger charge is 2.12. The lowest BCUT2D eigenvalue weighted by Crippen LogP contribution is -2.15. The minimum Gasteiger partial charge on any atom is -0.493 e. The van der Waals surface area contributed by atoms with Crippen LogP contribution in [0.4, 0.5) is 17.3 Å². The Kier molecular flexibility index (Phi) is 5.51. The number of ether oxygens (including phenoxy) is 4. The molecule has 2 aromatic carbocycles. The molecule has 2 N–H and O–H groups in total. The van der Waals surface area contributed by atoms with Gasteiger partial charge in [-0.15, -0.1) is 0 Å². The minimum atomic E-state index is 0.550. The first-order valence-corrected chi connectivity index (χ1v) is 9.18. The fourth-order valence-corrected chi connectivity index (χ4v) is 2.97. The molecule has 0 aliphatic carbocycles. The molecule has 0 saturated heterocycles. The fraction of sp³-hybridized carbons (Fsp3) is 0.238. The van der Waals surface area contributed by atoms with Gasteiger partial charge in [0.2, 0.25) is 0 Å². The molecule has 0 amide bonds. The maximum atomic E-state index is 5.62. The minimum absolute atomic E-state index is 0.550. The molecule has 1 aliphatic heterocycles. The molecule has 0 fully saturated rings. The topological polar surface area (TPSA) is 86.8 Å². The van der Waals surface area contributed by atoms with Crippen LogP contribution in [0, 0.1) is 0 Å². The zero-order valence-corrected chi connectivity index (χ0v) is 16.3. The first-order valence-electron chi connectivity index (χ1n) is 9.18. The first kappa shape index (κ1) is 18.7. The molecule has 0 bridgehead atoms. The highest BCUT2D eigenvalue weighted by molar-refractivity contribution is 5.63. The maximum absolute atomic E-state index is 5.62. The Balaban J connectivity index is 1.42. The molecule has 4 rings (SSSR count). The van der Waals surface area contributed by atoms with Crippen LogP contribution in [0.25, 0.3) is 0 Å². The van der Waals surface area contributed by atoms with Crippen molar-refractivity contribution in [2.75, 3.05) is 38.1 Å². The summed E-state index contributed by atoms with van der Waals surface area (Å²) in [7, 11) is 3.24. The third-order valence-electron chi connectivity index (χ3n) is 4.40. The highest BCUT2D eigenvalue weighted by Crippen LogP contribution is 2.33. The lowest BCUT2D eigenvalue weighted by Gasteiger charge is -2.19. The standard InChI is InChI=1S/C21H22N4O4/c1-26-16-5-3-14(9-18(16)27-2)12-22-20-11-21(24-13-23-20)25-15-4-6-17-19(10-15)29-8-7-28-17/h3-6,9-11,13H,7-8,12H2,1-2H3,(H2,22,23,24,25). The number of methoxy groups -OCH3 is 2. The van der Waals surface area contributed by atoms with Gasteiger partial charge in [-0.05, 0) is 29.8 Å². The van der Waals surface area contributed by atoms with Crippen molar-refractivity contribution in [2.45, 2.75) is 6.54 Å². The summed E-state index contributed by atoms with van der Waals surface area (Å²) in [5.41, 5.74) is 1.90. The fourth-order valence-electron chi connectivity index (χ4n) is 2.97. The van der Waals surface area contributed by atoms with Crippen LogP contribution in [-0.4, -0.2) is 37.4 Å². The molecule has 0 atom stereocenters. The summed E-state index contributed by atoms with van der Waals surface area (Å²) in [4.78, 5) is 8.56. The lowest BCUT2D eigenvalue weighted by molar-refractivity contribution is 0.171. The van der Waals surface area contributed by atoms with E-state index in [-0.39, 0.29) is 0 Å². The van der Waals surface area contributed by atoms with Crippen molar-refractivity contribution in [2.24, 2.45) is 0 Å². The van der Waals surface area contributed by atoms with Gasteiger partial charge in [0.05, 0.1) is 14.2 Å². The molecule has 3 aromatic rings. The Morgan fingerprint density at radius 1 is 0.862 bits per heavy atom. The van der Waals surface area contributed by atoms with E-state index in [1.54, 1.807) is 14.2 Å². The van der Waals surface area contributed by atoms with Crippen LogP contribution in [0.2, 0.25) is 0 Å². The lowest BCUT2D eigenvalue weighted by atomic mass is 10.2. The van der Waals surface area contributed by atoms with E-state index in [4.69, 9.17) is 18.9 Å². The van der Waals surface area contributed by atoms with Crippen molar-refractivity contribution in [1.82, 2.24) is 9.97 Å². The van der Waals surface area contributed by atoms with E-state index in [0.29, 0.717) is 42.9 Å². The number of fused-ring (bicyclic) bond motifs is 1. The SMILES string of the molecule is COc1ccc(CNc2cc(Nc3ccc4c(c3)OCCO4)ncn2)cc1OC. The van der Waals surface area contributed by atoms with Crippen LogP contribution in [-0.2, 0) is 6.54 Å². The molecule has 0 saturated carbocycles. The van der Waals surface area contributed by atoms with Gasteiger partial charge < -0.3 is 29.6 Å². The van der Waals surface area contributed by atoms with E-state index in [1.165, 1.54) is 6.33 Å². The summed E-state index contributed by atoms with van der Waals surface area (Å²) in [6.45, 7) is 1.70. The molecule has 8 nitrogen and oxygen atoms in total. The van der Waals surface area contributed by atoms with E-state index in [0.717, 1.165) is 22.7 Å². The molecule has 0 radical (unpaired) electrons. The van der Waals surface area contributed by atoms with Crippen LogP contribution in [0.1, 0.15) is 5.56 Å². The summed E-state index contributed by atoms with van der Waals surface area (Å²) < 4.78 is 21.8. The normalized spacial score (nSPS) is 12.2. The molecule has 29 heavy (non-hydrogen) atoms. The van der Waals surface area contributed by atoms with Crippen LogP contribution in [0.3, 0.4) is 0 Å². The van der Waals surface area contributed by atoms with Crippen molar-refractivity contribution >= 4 is 17.3 Å². The summed E-state index contributed by atoms with van der Waals surface area (Å²) >= 11 is 0. The quantitative estimate of drug-likeness (QED) is 0.628. The number of hydrogen-bond acceptors (Lipinski definition) is 8. The Morgan fingerprint density at radius 3 is 2.48 bits per heavy atom. The van der Waals surface area contributed by atoms with Gasteiger partial charge in [-0.25, -0.2) is 9.97 Å². The number of rotatable bonds is 7. The van der Waals surface area contributed by atoms with Gasteiger partial charge >= 0.3 is 0 Å². The van der Waals surface area contributed by atoms with E-state index >= 15 is 0 Å². The molecular formula is C21H22N4O4. The number of aromatic nitrogens is 2. The predicted octanol–water partition coefficient (Wildman–Crippen LogP) is 3.62. The van der Waals surface area contributed by atoms with Crippen molar-refractivity contribution in [1.29, 1.82) is 0 Å². The molecule has 1 aromatic heterocycles. The second kappa shape index (κ2) is 8.55. The van der Waals surface area contributed by atoms with Gasteiger partial charge in [0.25, 0.3) is 0 Å². The molecule has 0 unspecified atom stereocenters. The first-order chi connectivity index (χ1) is 14.2. The predicted molar refractivity (Wildman–Crippen MR) is 110 cm³/mol. The average Bonchev–Trinajstić information content (AvgIpc) is 2.77. The number of anilines is 3. The third-order valence-corrected chi connectivity index (χ3v) is 4.40. The van der Waals surface area contributed by atoms with E-state index in [9.17, 15) is 0 Å². The summed E-state index contributed by atoms with van der Waals surface area (Å²) in [6, 6.07) is 13.3. The van der Waals surface area contributed by atoms with Gasteiger partial charge in [-0.2, -0.15) is 0 Å². The Bertz CT molecular complexity index is 996. The van der Waals surface area contributed by atoms with Crippen LogP contribution in [0.15, 0.2) is 48.8 Å². The van der Waals surface area contributed by atoms with Crippen molar-refractivity contribution in [3.05, 3.63) is 54.4 Å². The van der Waals surface area contributed by atoms with Gasteiger partial charge in [0, 0.05) is 24.4 Å². The monoisotopic (exact) mass is 394 g/mol. The van der Waals surface area contributed by atoms with Crippen molar-refractivity contribution < 1.29 is 18.9 Å². The van der Waals surface area contributed by atoms with Crippen LogP contribution in [0.5, 0.6) is 23.0 Å². The number of hydrogen-bond donors (Lipinski definition) is 2. The molecular weight excluding hydrogens is 372 g/mol. The molecule has 2 heterocycles. The summed E-state index contributed by atoms with van der Waals surface area (Å²) in [6.07, 6.45) is 1.51. The third kappa shape index (κ3) is 4.43. The molecule has 0 spiro atoms. The van der Waals surface area contributed by atoms with Crippen LogP contribution < -0.4 is 29.6 Å². The Morgan fingerprint density at radius 2 is 1.66 bits per heavy atom. The molecule has 8 heteroatoms. The van der Waals surface area contributed by atoms with Gasteiger partial charge in [-0.1, -0.05) is 6.07 Å². The Hall–Kier alpha value is -3.68. The van der Waals surface area contributed by atoms with E-state index in [2.05, 4.69) is 20.6 Å². The van der Waals surface area contributed by atoms with E-state index in [1.807, 2.05) is 42.5 Å². The smallest absolute Gasteiger partial charge is 0.163 e. The second-order valence-corrected chi connectivity index (χ2v) is 6.31. The molecule has 150 valence electrons. The van der Waals surface area contributed by atoms with Crippen LogP contribution >= 0.6 is 0 Å². The maximum Gasteiger partial charge on any atom is 0.163 e. The number of benzene rings is 2. The highest BCUT2D eigenvalue weighted by atomic mass is 16.6. The summed E-state index contributed by atoms with van der Waals surface area (Å²) in [5.74, 6) is 4.24. The van der Waals surface area contributed by atoms with E-state index < -0.39 is 0 Å². The van der Waals surface area contributed by atoms with Crippen molar-refractivity contribution in [3.63, 3.8) is 0 Å². The number of nitrogens with one attached hydrogen (secondary N) is 2. The second-order valence-electron chi connectivity index (χ2n) is 6.31. The number of nitrogens with zero attached hydrogens (tertiary/aromatic N) is 2. The summed E-state index contributed by atoms with van der Waals surface area (Å²) in [5, 5.41) is 6.56.